The first kappa shape index (κ1) is 23.3. The molecule has 1 N–H and O–H groups in total. The first-order valence-corrected chi connectivity index (χ1v) is 13.2. The van der Waals surface area contributed by atoms with Crippen LogP contribution in [0, 0.1) is 23.1 Å². The lowest BCUT2D eigenvalue weighted by Crippen LogP contribution is -2.50. The summed E-state index contributed by atoms with van der Waals surface area (Å²) in [5.74, 6) is -0.0466. The lowest BCUT2D eigenvalue weighted by Gasteiger charge is -2.56. The third-order valence-corrected chi connectivity index (χ3v) is 8.68. The fraction of sp³-hybridized carbons (Fsp3) is 0.467. The summed E-state index contributed by atoms with van der Waals surface area (Å²) < 4.78 is 22.7. The minimum Gasteiger partial charge on any atom is -0.490 e. The van der Waals surface area contributed by atoms with E-state index in [2.05, 4.69) is 0 Å². The summed E-state index contributed by atoms with van der Waals surface area (Å²) in [5, 5.41) is 9.62. The van der Waals surface area contributed by atoms with Gasteiger partial charge in [-0.2, -0.15) is 0 Å². The standard InChI is InChI=1S/C30H32FNO4/c31-26-10-9-25(27(33)13-20-14-30(15-20)16-21(17-30)29(34)35)28-24(26)11-12-32(28)18-19-5-7-23(8-6-19)36-22-3-1-2-4-22/h5-12,20-22H,1-4,13-18H2,(H,34,35). The number of Topliss-reactive ketones (excluding diaryl/α,β-unsaturated/α-hetero) is 1. The van der Waals surface area contributed by atoms with Crippen LogP contribution >= 0.6 is 0 Å². The van der Waals surface area contributed by atoms with Crippen LogP contribution in [0.3, 0.4) is 0 Å². The van der Waals surface area contributed by atoms with E-state index >= 15 is 0 Å². The molecule has 3 aromatic rings. The monoisotopic (exact) mass is 489 g/mol. The predicted molar refractivity (Wildman–Crippen MR) is 135 cm³/mol. The average molecular weight is 490 g/mol. The Kier molecular flexibility index (Phi) is 5.85. The Bertz CT molecular complexity index is 1290. The van der Waals surface area contributed by atoms with Crippen molar-refractivity contribution in [2.24, 2.45) is 17.3 Å². The number of ketones is 1. The number of benzene rings is 2. The second-order valence-corrected chi connectivity index (χ2v) is 11.3. The molecule has 0 saturated heterocycles. The van der Waals surface area contributed by atoms with Gasteiger partial charge in [-0.15, -0.1) is 0 Å². The smallest absolute Gasteiger partial charge is 0.306 e. The quantitative estimate of drug-likeness (QED) is 0.361. The Hall–Kier alpha value is -3.15. The number of carbonyl (C=O) groups is 2. The minimum absolute atomic E-state index is 0.0363. The minimum atomic E-state index is -0.703. The topological polar surface area (TPSA) is 68.5 Å². The normalized spacial score (nSPS) is 25.6. The van der Waals surface area contributed by atoms with Crippen LogP contribution in [0.4, 0.5) is 4.39 Å². The Labute approximate surface area is 210 Å². The summed E-state index contributed by atoms with van der Waals surface area (Å²) in [7, 11) is 0. The van der Waals surface area contributed by atoms with E-state index in [1.54, 1.807) is 12.1 Å². The summed E-state index contributed by atoms with van der Waals surface area (Å²) in [6, 6.07) is 12.8. The number of aromatic nitrogens is 1. The van der Waals surface area contributed by atoms with Gasteiger partial charge >= 0.3 is 5.97 Å². The number of fused-ring (bicyclic) bond motifs is 1. The highest BCUT2D eigenvalue weighted by Crippen LogP contribution is 2.62. The summed E-state index contributed by atoms with van der Waals surface area (Å²) in [5.41, 5.74) is 2.42. The van der Waals surface area contributed by atoms with E-state index in [-0.39, 0.29) is 28.9 Å². The molecule has 0 aliphatic heterocycles. The number of halogens is 1. The van der Waals surface area contributed by atoms with Crippen LogP contribution in [0.1, 0.15) is 73.7 Å². The van der Waals surface area contributed by atoms with Gasteiger partial charge in [0, 0.05) is 30.1 Å². The zero-order valence-electron chi connectivity index (χ0n) is 20.4. The zero-order valence-corrected chi connectivity index (χ0v) is 20.4. The van der Waals surface area contributed by atoms with Crippen LogP contribution < -0.4 is 4.74 Å². The number of carboxylic acid groups (broad SMARTS) is 1. The second kappa shape index (κ2) is 9.06. The molecule has 188 valence electrons. The van der Waals surface area contributed by atoms with Crippen molar-refractivity contribution in [3.05, 3.63) is 65.6 Å². The van der Waals surface area contributed by atoms with Gasteiger partial charge in [-0.1, -0.05) is 12.1 Å². The molecule has 2 aromatic carbocycles. The molecule has 0 bridgehead atoms. The Balaban J connectivity index is 1.15. The van der Waals surface area contributed by atoms with Gasteiger partial charge in [0.25, 0.3) is 0 Å². The summed E-state index contributed by atoms with van der Waals surface area (Å²) >= 11 is 0. The molecule has 0 amide bonds. The van der Waals surface area contributed by atoms with E-state index < -0.39 is 5.97 Å². The molecule has 3 aliphatic carbocycles. The summed E-state index contributed by atoms with van der Waals surface area (Å²) in [6.45, 7) is 0.542. The van der Waals surface area contributed by atoms with Crippen LogP contribution in [0.5, 0.6) is 5.75 Å². The van der Waals surface area contributed by atoms with Gasteiger partial charge in [-0.25, -0.2) is 4.39 Å². The van der Waals surface area contributed by atoms with Crippen molar-refractivity contribution >= 4 is 22.7 Å². The molecule has 0 atom stereocenters. The van der Waals surface area contributed by atoms with E-state index in [4.69, 9.17) is 9.84 Å². The second-order valence-electron chi connectivity index (χ2n) is 11.3. The highest BCUT2D eigenvalue weighted by atomic mass is 19.1. The molecule has 1 aromatic heterocycles. The predicted octanol–water partition coefficient (Wildman–Crippen LogP) is 6.61. The van der Waals surface area contributed by atoms with E-state index in [1.807, 2.05) is 35.0 Å². The number of hydrogen-bond acceptors (Lipinski definition) is 3. The summed E-state index contributed by atoms with van der Waals surface area (Å²) in [6.07, 6.45) is 10.6. The van der Waals surface area contributed by atoms with Crippen molar-refractivity contribution in [1.29, 1.82) is 0 Å². The Morgan fingerprint density at radius 2 is 1.72 bits per heavy atom. The van der Waals surface area contributed by atoms with Crippen LogP contribution in [-0.4, -0.2) is 27.5 Å². The molecule has 6 rings (SSSR count). The maximum absolute atomic E-state index is 14.6. The van der Waals surface area contributed by atoms with Crippen molar-refractivity contribution in [3.8, 4) is 5.75 Å². The maximum Gasteiger partial charge on any atom is 0.306 e. The zero-order chi connectivity index (χ0) is 24.9. The maximum atomic E-state index is 14.6. The highest BCUT2D eigenvalue weighted by molar-refractivity contribution is 6.07. The molecule has 1 spiro atoms. The van der Waals surface area contributed by atoms with Crippen LogP contribution in [0.25, 0.3) is 10.9 Å². The van der Waals surface area contributed by atoms with Gasteiger partial charge in [0.2, 0.25) is 0 Å². The van der Waals surface area contributed by atoms with Crippen LogP contribution in [-0.2, 0) is 11.3 Å². The van der Waals surface area contributed by atoms with Gasteiger partial charge in [0.1, 0.15) is 11.6 Å². The molecule has 36 heavy (non-hydrogen) atoms. The molecule has 6 heteroatoms. The SMILES string of the molecule is O=C(CC1CC2(C1)CC(C(=O)O)C2)c1ccc(F)c2ccn(Cc3ccc(OC4CCCC4)cc3)c12. The molecule has 0 unspecified atom stereocenters. The molecular weight excluding hydrogens is 457 g/mol. The lowest BCUT2D eigenvalue weighted by atomic mass is 9.47. The van der Waals surface area contributed by atoms with Gasteiger partial charge in [-0.05, 0) is 98.6 Å². The van der Waals surface area contributed by atoms with Crippen LogP contribution in [0.15, 0.2) is 48.7 Å². The first-order valence-electron chi connectivity index (χ1n) is 13.2. The van der Waals surface area contributed by atoms with Crippen molar-refractivity contribution in [2.75, 3.05) is 0 Å². The number of ether oxygens (including phenoxy) is 1. The van der Waals surface area contributed by atoms with E-state index in [9.17, 15) is 14.0 Å². The van der Waals surface area contributed by atoms with Crippen molar-refractivity contribution in [2.45, 2.75) is 70.4 Å². The number of carbonyl (C=O) groups excluding carboxylic acids is 1. The van der Waals surface area contributed by atoms with Gasteiger partial charge in [-0.3, -0.25) is 9.59 Å². The molecule has 0 radical (unpaired) electrons. The molecule has 3 saturated carbocycles. The lowest BCUT2D eigenvalue weighted by molar-refractivity contribution is -0.157. The first-order chi connectivity index (χ1) is 17.4. The molecule has 3 aliphatic rings. The van der Waals surface area contributed by atoms with Crippen molar-refractivity contribution in [1.82, 2.24) is 4.57 Å². The molecular formula is C30H32FNO4. The summed E-state index contributed by atoms with van der Waals surface area (Å²) in [4.78, 5) is 24.5. The number of rotatable bonds is 8. The fourth-order valence-electron chi connectivity index (χ4n) is 6.89. The fourth-order valence-corrected chi connectivity index (χ4v) is 6.89. The number of hydrogen-bond donors (Lipinski definition) is 1. The number of carboxylic acids is 1. The number of aliphatic carboxylic acids is 1. The van der Waals surface area contributed by atoms with Gasteiger partial charge in [0.05, 0.1) is 17.5 Å². The Morgan fingerprint density at radius 1 is 1.00 bits per heavy atom. The third-order valence-electron chi connectivity index (χ3n) is 8.68. The van der Waals surface area contributed by atoms with E-state index in [1.165, 1.54) is 18.9 Å². The van der Waals surface area contributed by atoms with Crippen molar-refractivity contribution in [3.63, 3.8) is 0 Å². The third kappa shape index (κ3) is 4.31. The average Bonchev–Trinajstić information content (AvgIpc) is 3.46. The molecule has 5 nitrogen and oxygen atoms in total. The van der Waals surface area contributed by atoms with Gasteiger partial charge < -0.3 is 14.4 Å². The molecule has 3 fully saturated rings. The highest BCUT2D eigenvalue weighted by Gasteiger charge is 2.54. The Morgan fingerprint density at radius 3 is 2.42 bits per heavy atom. The van der Waals surface area contributed by atoms with E-state index in [0.717, 1.165) is 49.8 Å². The van der Waals surface area contributed by atoms with Crippen molar-refractivity contribution < 1.29 is 23.8 Å². The number of nitrogens with zero attached hydrogens (tertiary/aromatic N) is 1. The van der Waals surface area contributed by atoms with Crippen LogP contribution in [0.2, 0.25) is 0 Å². The van der Waals surface area contributed by atoms with E-state index in [0.29, 0.717) is 35.5 Å². The molecule has 1 heterocycles. The largest absolute Gasteiger partial charge is 0.490 e. The van der Waals surface area contributed by atoms with Gasteiger partial charge in [0.15, 0.2) is 5.78 Å².